The Morgan fingerprint density at radius 1 is 1.19 bits per heavy atom. The summed E-state index contributed by atoms with van der Waals surface area (Å²) in [5.41, 5.74) is 14.6. The van der Waals surface area contributed by atoms with Gasteiger partial charge in [0.2, 0.25) is 0 Å². The fourth-order valence-electron chi connectivity index (χ4n) is 2.95. The van der Waals surface area contributed by atoms with Crippen molar-refractivity contribution < 1.29 is 22.2 Å². The Balaban J connectivity index is 0.000000501. The smallest absolute Gasteiger partial charge is 0.395 e. The molecule has 4 rings (SSSR count). The second-order valence-corrected chi connectivity index (χ2v) is 6.86. The van der Waals surface area contributed by atoms with E-state index in [-0.39, 0.29) is 23.7 Å². The van der Waals surface area contributed by atoms with Crippen molar-refractivity contribution in [2.24, 2.45) is 0 Å². The van der Waals surface area contributed by atoms with Gasteiger partial charge in [0.1, 0.15) is 0 Å². The van der Waals surface area contributed by atoms with Gasteiger partial charge in [-0.2, -0.15) is 11.6 Å². The quantitative estimate of drug-likeness (QED) is 0.350. The molecule has 0 saturated carbocycles. The molecule has 31 heavy (non-hydrogen) atoms. The number of fused-ring (bicyclic) bond motifs is 1. The largest absolute Gasteiger partial charge is 2.00 e. The molecule has 1 aromatic heterocycles. The van der Waals surface area contributed by atoms with Gasteiger partial charge in [-0.25, -0.2) is 5.73 Å². The van der Waals surface area contributed by atoms with E-state index in [0.717, 1.165) is 40.8 Å². The molecule has 6 heteroatoms. The number of anilines is 1. The van der Waals surface area contributed by atoms with Gasteiger partial charge in [0.05, 0.1) is 12.1 Å². The molecule has 0 saturated heterocycles. The summed E-state index contributed by atoms with van der Waals surface area (Å²) in [5, 5.41) is 14.3. The molecule has 2 aromatic rings. The first-order valence-corrected chi connectivity index (χ1v) is 9.94. The standard InChI is InChI=1S/C20H20ClN3O.C5.Fe/c1-2-24(10-11-25)14-16-5-3-4-15(16)13-23-19-8-9-22-20-12-17(21)6-7-18(19)20;1-2-4-5-3-1;/h6-9,12,25H,2,10-11,13-14H2,1H3,(H,22,23);;/q2*-1;+2. The zero-order chi connectivity index (χ0) is 21.2. The Labute approximate surface area is 198 Å². The van der Waals surface area contributed by atoms with E-state index in [1.807, 2.05) is 24.3 Å². The third-order valence-corrected chi connectivity index (χ3v) is 4.74. The summed E-state index contributed by atoms with van der Waals surface area (Å²) in [4.78, 5) is 6.53. The average Bonchev–Trinajstić information content (AvgIpc) is 3.47. The van der Waals surface area contributed by atoms with Gasteiger partial charge in [0, 0.05) is 28.8 Å². The summed E-state index contributed by atoms with van der Waals surface area (Å²) in [6.45, 7) is 5.13. The van der Waals surface area contributed by atoms with Crippen molar-refractivity contribution in [3.8, 4) is 0 Å². The van der Waals surface area contributed by atoms with Crippen LogP contribution >= 0.6 is 11.6 Å². The molecule has 2 aliphatic carbocycles. The van der Waals surface area contributed by atoms with E-state index in [1.165, 1.54) is 0 Å². The number of halogens is 1. The van der Waals surface area contributed by atoms with Crippen molar-refractivity contribution in [1.82, 2.24) is 9.88 Å². The first-order chi connectivity index (χ1) is 14.7. The molecule has 0 amide bonds. The minimum atomic E-state index is 0. The molecule has 1 heterocycles. The minimum Gasteiger partial charge on any atom is -0.395 e. The number of aromatic nitrogens is 1. The van der Waals surface area contributed by atoms with E-state index in [0.29, 0.717) is 18.1 Å². The molecular formula is C25H20ClFeN3O. The zero-order valence-electron chi connectivity index (χ0n) is 17.0. The van der Waals surface area contributed by atoms with E-state index >= 15 is 0 Å². The maximum Gasteiger partial charge on any atom is 2.00 e. The Morgan fingerprint density at radius 2 is 2.06 bits per heavy atom. The topological polar surface area (TPSA) is 48.4 Å². The molecule has 0 unspecified atom stereocenters. The van der Waals surface area contributed by atoms with Crippen molar-refractivity contribution >= 4 is 28.2 Å². The first kappa shape index (κ1) is 24.8. The second-order valence-electron chi connectivity index (χ2n) is 6.42. The van der Waals surface area contributed by atoms with Gasteiger partial charge in [0.25, 0.3) is 0 Å². The van der Waals surface area contributed by atoms with E-state index in [4.69, 9.17) is 16.7 Å². The van der Waals surface area contributed by atoms with Crippen molar-refractivity contribution in [2.45, 2.75) is 6.92 Å². The van der Waals surface area contributed by atoms with Crippen molar-refractivity contribution in [3.05, 3.63) is 93.9 Å². The number of hydrogen-bond donors (Lipinski definition) is 2. The molecule has 1 aromatic carbocycles. The Hall–Kier alpha value is -2.50. The van der Waals surface area contributed by atoms with Crippen LogP contribution in [0.5, 0.6) is 0 Å². The summed E-state index contributed by atoms with van der Waals surface area (Å²) < 4.78 is 0. The number of benzene rings is 1. The molecule has 4 nitrogen and oxygen atoms in total. The molecule has 0 spiro atoms. The number of nitrogens with one attached hydrogen (secondary N) is 1. The Morgan fingerprint density at radius 3 is 2.74 bits per heavy atom. The van der Waals surface area contributed by atoms with E-state index < -0.39 is 0 Å². The van der Waals surface area contributed by atoms with Crippen LogP contribution in [-0.2, 0) is 17.1 Å². The van der Waals surface area contributed by atoms with Crippen LogP contribution in [0.3, 0.4) is 0 Å². The van der Waals surface area contributed by atoms with Crippen LogP contribution in [0.1, 0.15) is 6.92 Å². The number of nitrogens with zero attached hydrogens (tertiary/aromatic N) is 2. The van der Waals surface area contributed by atoms with Gasteiger partial charge < -0.3 is 15.3 Å². The van der Waals surface area contributed by atoms with Crippen LogP contribution in [0, 0.1) is 24.3 Å². The Bertz CT molecular complexity index is 1130. The van der Waals surface area contributed by atoms with Gasteiger partial charge >= 0.3 is 17.1 Å². The van der Waals surface area contributed by atoms with Gasteiger partial charge in [-0.1, -0.05) is 18.5 Å². The van der Waals surface area contributed by atoms with Crippen LogP contribution in [-0.4, -0.2) is 47.8 Å². The first-order valence-electron chi connectivity index (χ1n) is 9.56. The Kier molecular flexibility index (Phi) is 10.4. The minimum absolute atomic E-state index is 0. The molecule has 0 atom stereocenters. The van der Waals surface area contributed by atoms with Crippen LogP contribution in [0.4, 0.5) is 5.69 Å². The van der Waals surface area contributed by atoms with Gasteiger partial charge in [0.15, 0.2) is 0 Å². The number of likely N-dealkylation sites (N-methyl/N-ethyl adjacent to an activating group) is 1. The SMILES string of the molecule is CCN(CCO)CC1=C=[C-][C]=C1CNc1ccnc2cc(Cl)ccc12.[C]1=C=C=C=[C-]1.[Fe+2]. The number of hydrogen-bond acceptors (Lipinski definition) is 4. The molecule has 2 N–H and O–H groups in total. The van der Waals surface area contributed by atoms with Crippen LogP contribution in [0.15, 0.2) is 64.5 Å². The summed E-state index contributed by atoms with van der Waals surface area (Å²) in [7, 11) is 0. The van der Waals surface area contributed by atoms with Gasteiger partial charge in [-0.15, -0.1) is 23.8 Å². The molecule has 0 aliphatic heterocycles. The number of allylic oxidation sites excluding steroid dienone is 3. The molecule has 156 valence electrons. The fourth-order valence-corrected chi connectivity index (χ4v) is 3.11. The maximum atomic E-state index is 9.14. The molecule has 2 radical (unpaired) electrons. The summed E-state index contributed by atoms with van der Waals surface area (Å²) in [5.74, 6) is 0. The van der Waals surface area contributed by atoms with Crippen LogP contribution in [0.2, 0.25) is 5.02 Å². The number of pyridine rings is 1. The van der Waals surface area contributed by atoms with Crippen LogP contribution in [0.25, 0.3) is 10.9 Å². The number of aliphatic hydroxyl groups excluding tert-OH is 1. The molecular weight excluding hydrogens is 450 g/mol. The van der Waals surface area contributed by atoms with E-state index in [9.17, 15) is 0 Å². The molecule has 0 fully saturated rings. The van der Waals surface area contributed by atoms with Crippen molar-refractivity contribution in [2.75, 3.05) is 38.1 Å². The summed E-state index contributed by atoms with van der Waals surface area (Å²) in [6, 6.07) is 7.65. The monoisotopic (exact) mass is 469 g/mol. The van der Waals surface area contributed by atoms with Gasteiger partial charge in [-0.05, 0) is 43.9 Å². The molecule has 2 aliphatic rings. The summed E-state index contributed by atoms with van der Waals surface area (Å²) >= 11 is 6.04. The van der Waals surface area contributed by atoms with Gasteiger partial charge in [-0.3, -0.25) is 22.2 Å². The van der Waals surface area contributed by atoms with Crippen molar-refractivity contribution in [3.63, 3.8) is 0 Å². The average molecular weight is 470 g/mol. The van der Waals surface area contributed by atoms with E-state index in [1.54, 1.807) is 6.20 Å². The molecule has 0 bridgehead atoms. The maximum absolute atomic E-state index is 9.14. The third kappa shape index (κ3) is 7.30. The van der Waals surface area contributed by atoms with E-state index in [2.05, 4.69) is 69.4 Å². The third-order valence-electron chi connectivity index (χ3n) is 4.51. The summed E-state index contributed by atoms with van der Waals surface area (Å²) in [6.07, 6.45) is 12.9. The predicted molar refractivity (Wildman–Crippen MR) is 118 cm³/mol. The normalized spacial score (nSPS) is 12.6. The number of aliphatic hydroxyl groups is 1. The second kappa shape index (κ2) is 13.0. The zero-order valence-corrected chi connectivity index (χ0v) is 18.9. The predicted octanol–water partition coefficient (Wildman–Crippen LogP) is 3.87. The fraction of sp³-hybridized carbons (Fsp3) is 0.240. The van der Waals surface area contributed by atoms with Crippen LogP contribution < -0.4 is 5.32 Å². The van der Waals surface area contributed by atoms with Crippen molar-refractivity contribution in [1.29, 1.82) is 0 Å². The number of rotatable bonds is 8.